The fourth-order valence-electron chi connectivity index (χ4n) is 3.23. The molecule has 0 bridgehead atoms. The summed E-state index contributed by atoms with van der Waals surface area (Å²) in [6, 6.07) is 4.79. The second kappa shape index (κ2) is 7.55. The van der Waals surface area contributed by atoms with Crippen molar-refractivity contribution >= 4 is 5.91 Å². The SMILES string of the molecule is Cc1cc(F)ccc1CCNC(=O)C1CCCCC1CN. The maximum atomic E-state index is 13.0. The molecule has 21 heavy (non-hydrogen) atoms. The van der Waals surface area contributed by atoms with E-state index in [1.807, 2.05) is 6.92 Å². The molecule has 1 aromatic rings. The van der Waals surface area contributed by atoms with E-state index in [0.717, 1.165) is 36.8 Å². The molecule has 2 atom stereocenters. The Morgan fingerprint density at radius 3 is 2.86 bits per heavy atom. The van der Waals surface area contributed by atoms with Crippen molar-refractivity contribution in [2.24, 2.45) is 17.6 Å². The van der Waals surface area contributed by atoms with Gasteiger partial charge in [-0.3, -0.25) is 4.79 Å². The van der Waals surface area contributed by atoms with Crippen molar-refractivity contribution in [2.45, 2.75) is 39.0 Å². The van der Waals surface area contributed by atoms with Crippen molar-refractivity contribution in [3.05, 3.63) is 35.1 Å². The molecule has 1 aromatic carbocycles. The third-order valence-corrected chi connectivity index (χ3v) is 4.55. The molecular weight excluding hydrogens is 267 g/mol. The topological polar surface area (TPSA) is 55.1 Å². The second-order valence-electron chi connectivity index (χ2n) is 6.00. The lowest BCUT2D eigenvalue weighted by atomic mass is 9.79. The summed E-state index contributed by atoms with van der Waals surface area (Å²) in [6.07, 6.45) is 5.04. The van der Waals surface area contributed by atoms with E-state index < -0.39 is 0 Å². The van der Waals surface area contributed by atoms with E-state index in [1.165, 1.54) is 18.6 Å². The molecule has 1 saturated carbocycles. The highest BCUT2D eigenvalue weighted by atomic mass is 19.1. The Hall–Kier alpha value is -1.42. The zero-order valence-corrected chi connectivity index (χ0v) is 12.7. The molecule has 0 spiro atoms. The first kappa shape index (κ1) is 16.0. The zero-order valence-electron chi connectivity index (χ0n) is 12.7. The van der Waals surface area contributed by atoms with Crippen LogP contribution in [0.3, 0.4) is 0 Å². The molecule has 1 aliphatic carbocycles. The molecule has 2 unspecified atom stereocenters. The lowest BCUT2D eigenvalue weighted by molar-refractivity contribution is -0.127. The van der Waals surface area contributed by atoms with Gasteiger partial charge in [0, 0.05) is 12.5 Å². The Kier molecular flexibility index (Phi) is 5.74. The van der Waals surface area contributed by atoms with Crippen LogP contribution in [0, 0.1) is 24.6 Å². The van der Waals surface area contributed by atoms with Crippen LogP contribution in [0.4, 0.5) is 4.39 Å². The molecule has 4 heteroatoms. The smallest absolute Gasteiger partial charge is 0.223 e. The Labute approximate surface area is 126 Å². The average Bonchev–Trinajstić information content (AvgIpc) is 2.49. The van der Waals surface area contributed by atoms with E-state index in [4.69, 9.17) is 5.73 Å². The van der Waals surface area contributed by atoms with Gasteiger partial charge < -0.3 is 11.1 Å². The Bertz CT molecular complexity index is 490. The van der Waals surface area contributed by atoms with Crippen molar-refractivity contribution < 1.29 is 9.18 Å². The minimum absolute atomic E-state index is 0.0677. The van der Waals surface area contributed by atoms with Gasteiger partial charge in [-0.15, -0.1) is 0 Å². The van der Waals surface area contributed by atoms with Gasteiger partial charge in [0.2, 0.25) is 5.91 Å². The number of carbonyl (C=O) groups is 1. The molecule has 1 amide bonds. The predicted molar refractivity (Wildman–Crippen MR) is 82.4 cm³/mol. The van der Waals surface area contributed by atoms with Crippen LogP contribution in [0.1, 0.15) is 36.8 Å². The number of hydrogen-bond donors (Lipinski definition) is 2. The summed E-state index contributed by atoms with van der Waals surface area (Å²) >= 11 is 0. The molecule has 3 nitrogen and oxygen atoms in total. The van der Waals surface area contributed by atoms with Crippen molar-refractivity contribution in [1.82, 2.24) is 5.32 Å². The quantitative estimate of drug-likeness (QED) is 0.876. The number of aryl methyl sites for hydroxylation is 1. The second-order valence-corrected chi connectivity index (χ2v) is 6.00. The van der Waals surface area contributed by atoms with Crippen LogP contribution in [0.2, 0.25) is 0 Å². The number of nitrogens with two attached hydrogens (primary N) is 1. The van der Waals surface area contributed by atoms with E-state index in [0.29, 0.717) is 19.0 Å². The molecule has 0 radical (unpaired) electrons. The van der Waals surface area contributed by atoms with Crippen molar-refractivity contribution in [2.75, 3.05) is 13.1 Å². The normalized spacial score (nSPS) is 22.0. The maximum Gasteiger partial charge on any atom is 0.223 e. The highest BCUT2D eigenvalue weighted by molar-refractivity contribution is 5.79. The summed E-state index contributed by atoms with van der Waals surface area (Å²) in [6.45, 7) is 3.08. The van der Waals surface area contributed by atoms with E-state index in [9.17, 15) is 9.18 Å². The van der Waals surface area contributed by atoms with Crippen LogP contribution >= 0.6 is 0 Å². The third kappa shape index (κ3) is 4.27. The summed E-state index contributed by atoms with van der Waals surface area (Å²) in [5.74, 6) is 0.308. The Balaban J connectivity index is 1.83. The first-order chi connectivity index (χ1) is 10.1. The van der Waals surface area contributed by atoms with Crippen molar-refractivity contribution in [3.63, 3.8) is 0 Å². The summed E-state index contributed by atoms with van der Waals surface area (Å²) in [4.78, 5) is 12.3. The van der Waals surface area contributed by atoms with Gasteiger partial charge in [0.25, 0.3) is 0 Å². The highest BCUT2D eigenvalue weighted by Crippen LogP contribution is 2.29. The van der Waals surface area contributed by atoms with Gasteiger partial charge in [0.15, 0.2) is 0 Å². The van der Waals surface area contributed by atoms with Crippen LogP contribution in [0.5, 0.6) is 0 Å². The fraction of sp³-hybridized carbons (Fsp3) is 0.588. The van der Waals surface area contributed by atoms with E-state index in [2.05, 4.69) is 5.32 Å². The first-order valence-electron chi connectivity index (χ1n) is 7.84. The lowest BCUT2D eigenvalue weighted by Gasteiger charge is -2.29. The molecule has 116 valence electrons. The Morgan fingerprint density at radius 1 is 1.38 bits per heavy atom. The number of halogens is 1. The highest BCUT2D eigenvalue weighted by Gasteiger charge is 2.29. The monoisotopic (exact) mass is 292 g/mol. The van der Waals surface area contributed by atoms with Gasteiger partial charge in [-0.05, 0) is 61.9 Å². The van der Waals surface area contributed by atoms with Gasteiger partial charge in [-0.1, -0.05) is 18.9 Å². The number of rotatable bonds is 5. The molecule has 3 N–H and O–H groups in total. The van der Waals surface area contributed by atoms with Gasteiger partial charge in [0.1, 0.15) is 5.82 Å². The van der Waals surface area contributed by atoms with Gasteiger partial charge in [-0.25, -0.2) is 4.39 Å². The molecule has 0 saturated heterocycles. The number of nitrogens with one attached hydrogen (secondary N) is 1. The van der Waals surface area contributed by atoms with Crippen LogP contribution in [0.15, 0.2) is 18.2 Å². The van der Waals surface area contributed by atoms with Crippen LogP contribution in [-0.2, 0) is 11.2 Å². The van der Waals surface area contributed by atoms with Crippen molar-refractivity contribution in [3.8, 4) is 0 Å². The standard InChI is InChI=1S/C17H25FN2O/c1-12-10-15(18)7-6-13(12)8-9-20-17(21)16-5-3-2-4-14(16)11-19/h6-7,10,14,16H,2-5,8-9,11,19H2,1H3,(H,20,21). The summed E-state index contributed by atoms with van der Waals surface area (Å²) in [5.41, 5.74) is 7.78. The minimum Gasteiger partial charge on any atom is -0.356 e. The summed E-state index contributed by atoms with van der Waals surface area (Å²) in [7, 11) is 0. The van der Waals surface area contributed by atoms with E-state index in [-0.39, 0.29) is 17.6 Å². The lowest BCUT2D eigenvalue weighted by Crippen LogP contribution is -2.40. The summed E-state index contributed by atoms with van der Waals surface area (Å²) in [5, 5.41) is 3.02. The van der Waals surface area contributed by atoms with E-state index in [1.54, 1.807) is 6.07 Å². The molecule has 1 aliphatic rings. The average molecular weight is 292 g/mol. The molecule has 0 aliphatic heterocycles. The first-order valence-corrected chi connectivity index (χ1v) is 7.84. The number of hydrogen-bond acceptors (Lipinski definition) is 2. The van der Waals surface area contributed by atoms with Crippen LogP contribution < -0.4 is 11.1 Å². The molecular formula is C17H25FN2O. The number of carbonyl (C=O) groups excluding carboxylic acids is 1. The van der Waals surface area contributed by atoms with Gasteiger partial charge in [-0.2, -0.15) is 0 Å². The maximum absolute atomic E-state index is 13.0. The van der Waals surface area contributed by atoms with Gasteiger partial charge in [0.05, 0.1) is 0 Å². The number of benzene rings is 1. The van der Waals surface area contributed by atoms with Gasteiger partial charge >= 0.3 is 0 Å². The molecule has 0 aromatic heterocycles. The molecule has 2 rings (SSSR count). The van der Waals surface area contributed by atoms with E-state index >= 15 is 0 Å². The largest absolute Gasteiger partial charge is 0.356 e. The van der Waals surface area contributed by atoms with Crippen LogP contribution in [-0.4, -0.2) is 19.0 Å². The Morgan fingerprint density at radius 2 is 2.14 bits per heavy atom. The van der Waals surface area contributed by atoms with Crippen LogP contribution in [0.25, 0.3) is 0 Å². The molecule has 0 heterocycles. The fourth-order valence-corrected chi connectivity index (χ4v) is 3.23. The molecule has 1 fully saturated rings. The third-order valence-electron chi connectivity index (χ3n) is 4.55. The predicted octanol–water partition coefficient (Wildman–Crippen LogP) is 2.56. The minimum atomic E-state index is -0.215. The van der Waals surface area contributed by atoms with Crippen molar-refractivity contribution in [1.29, 1.82) is 0 Å². The number of amides is 1. The summed E-state index contributed by atoms with van der Waals surface area (Å²) < 4.78 is 13.0. The zero-order chi connectivity index (χ0) is 15.2.